The van der Waals surface area contributed by atoms with Crippen molar-refractivity contribution in [3.63, 3.8) is 0 Å². The molecule has 0 aliphatic carbocycles. The van der Waals surface area contributed by atoms with Gasteiger partial charge in [0.25, 0.3) is 0 Å². The summed E-state index contributed by atoms with van der Waals surface area (Å²) in [6.07, 6.45) is 0.956. The first-order valence-electron chi connectivity index (χ1n) is 6.01. The summed E-state index contributed by atoms with van der Waals surface area (Å²) in [5.74, 6) is -0.624. The first kappa shape index (κ1) is 15.5. The molecule has 0 saturated heterocycles. The van der Waals surface area contributed by atoms with Crippen LogP contribution < -0.4 is 11.1 Å². The predicted molar refractivity (Wildman–Crippen MR) is 76.6 cm³/mol. The lowest BCUT2D eigenvalue weighted by molar-refractivity contribution is -0.116. The lowest BCUT2D eigenvalue weighted by Gasteiger charge is -2.10. The Hall–Kier alpha value is -1.53. The highest BCUT2D eigenvalue weighted by atomic mass is 32.1. The van der Waals surface area contributed by atoms with Crippen LogP contribution in [0.1, 0.15) is 25.3 Å². The highest BCUT2D eigenvalue weighted by molar-refractivity contribution is 7.80. The van der Waals surface area contributed by atoms with Crippen molar-refractivity contribution < 1.29 is 13.9 Å². The Balaban J connectivity index is 2.61. The Morgan fingerprint density at radius 1 is 1.53 bits per heavy atom. The molecule has 3 N–H and O–H groups in total. The molecule has 0 saturated carbocycles. The van der Waals surface area contributed by atoms with Crippen molar-refractivity contribution in [2.75, 3.05) is 18.5 Å². The van der Waals surface area contributed by atoms with Gasteiger partial charge in [-0.25, -0.2) is 4.39 Å². The highest BCUT2D eigenvalue weighted by Crippen LogP contribution is 2.17. The van der Waals surface area contributed by atoms with Gasteiger partial charge in [-0.15, -0.1) is 0 Å². The second-order valence-electron chi connectivity index (χ2n) is 3.90. The monoisotopic (exact) mass is 284 g/mol. The van der Waals surface area contributed by atoms with Crippen LogP contribution in [-0.2, 0) is 9.53 Å². The maximum absolute atomic E-state index is 13.1. The highest BCUT2D eigenvalue weighted by Gasteiger charge is 2.10. The van der Waals surface area contributed by atoms with Gasteiger partial charge >= 0.3 is 0 Å². The van der Waals surface area contributed by atoms with Crippen molar-refractivity contribution in [3.05, 3.63) is 29.6 Å². The Morgan fingerprint density at radius 2 is 2.26 bits per heavy atom. The van der Waals surface area contributed by atoms with E-state index >= 15 is 0 Å². The van der Waals surface area contributed by atoms with E-state index in [4.69, 9.17) is 22.7 Å². The number of amides is 1. The van der Waals surface area contributed by atoms with Crippen molar-refractivity contribution in [1.82, 2.24) is 0 Å². The molecule has 0 radical (unpaired) electrons. The number of benzene rings is 1. The number of carbonyl (C=O) groups excluding carboxylic acids is 1. The minimum Gasteiger partial charge on any atom is -0.389 e. The number of ether oxygens (including phenoxy) is 1. The van der Waals surface area contributed by atoms with E-state index in [1.54, 1.807) is 0 Å². The summed E-state index contributed by atoms with van der Waals surface area (Å²) in [6, 6.07) is 3.90. The molecule has 1 amide bonds. The molecule has 0 aromatic heterocycles. The van der Waals surface area contributed by atoms with Crippen LogP contribution in [0.5, 0.6) is 0 Å². The number of carbonyl (C=O) groups is 1. The Morgan fingerprint density at radius 3 is 2.89 bits per heavy atom. The van der Waals surface area contributed by atoms with Gasteiger partial charge in [-0.3, -0.25) is 4.79 Å². The molecule has 1 aromatic rings. The molecule has 0 heterocycles. The van der Waals surface area contributed by atoms with Crippen LogP contribution >= 0.6 is 12.2 Å². The molecule has 0 bridgehead atoms. The van der Waals surface area contributed by atoms with Crippen LogP contribution in [0.2, 0.25) is 0 Å². The van der Waals surface area contributed by atoms with E-state index in [0.29, 0.717) is 37.3 Å². The summed E-state index contributed by atoms with van der Waals surface area (Å²) in [4.78, 5) is 11.7. The fourth-order valence-electron chi connectivity index (χ4n) is 1.52. The van der Waals surface area contributed by atoms with Gasteiger partial charge in [0.05, 0.1) is 5.69 Å². The first-order chi connectivity index (χ1) is 9.04. The van der Waals surface area contributed by atoms with E-state index in [0.717, 1.165) is 0 Å². The molecule has 4 nitrogen and oxygen atoms in total. The van der Waals surface area contributed by atoms with Gasteiger partial charge in [-0.05, 0) is 31.5 Å². The third-order valence-electron chi connectivity index (χ3n) is 2.42. The average Bonchev–Trinajstić information content (AvgIpc) is 2.36. The molecule has 1 aromatic carbocycles. The molecule has 0 atom stereocenters. The van der Waals surface area contributed by atoms with Crippen LogP contribution in [0, 0.1) is 5.82 Å². The number of halogens is 1. The zero-order valence-corrected chi connectivity index (χ0v) is 11.6. The third kappa shape index (κ3) is 5.32. The number of rotatable bonds is 7. The van der Waals surface area contributed by atoms with E-state index < -0.39 is 5.82 Å². The zero-order valence-electron chi connectivity index (χ0n) is 10.7. The number of anilines is 1. The standard InChI is InChI=1S/C13H17FN2O2S/c1-2-18-7-3-4-12(17)16-11-6-5-9(14)8-10(11)13(15)19/h5-6,8H,2-4,7H2,1H3,(H2,15,19)(H,16,17). The quantitative estimate of drug-likeness (QED) is 0.595. The van der Waals surface area contributed by atoms with Gasteiger partial charge in [-0.2, -0.15) is 0 Å². The fourth-order valence-corrected chi connectivity index (χ4v) is 1.69. The molecule has 1 rings (SSSR count). The summed E-state index contributed by atoms with van der Waals surface area (Å²) < 4.78 is 18.2. The van der Waals surface area contributed by atoms with Crippen LogP contribution in [0.4, 0.5) is 10.1 Å². The molecule has 0 aliphatic heterocycles. The summed E-state index contributed by atoms with van der Waals surface area (Å²) in [5.41, 5.74) is 6.25. The van der Waals surface area contributed by atoms with Gasteiger partial charge in [0.1, 0.15) is 10.8 Å². The van der Waals surface area contributed by atoms with E-state index in [9.17, 15) is 9.18 Å². The summed E-state index contributed by atoms with van der Waals surface area (Å²) in [7, 11) is 0. The Bertz CT molecular complexity index is 466. The SMILES string of the molecule is CCOCCCC(=O)Nc1ccc(F)cc1C(N)=S. The fraction of sp³-hybridized carbons (Fsp3) is 0.385. The smallest absolute Gasteiger partial charge is 0.224 e. The van der Waals surface area contributed by atoms with Crippen LogP contribution in [-0.4, -0.2) is 24.1 Å². The molecular weight excluding hydrogens is 267 g/mol. The molecule has 19 heavy (non-hydrogen) atoms. The Kier molecular flexibility index (Phi) is 6.38. The first-order valence-corrected chi connectivity index (χ1v) is 6.42. The number of hydrogen-bond acceptors (Lipinski definition) is 3. The van der Waals surface area contributed by atoms with Crippen molar-refractivity contribution >= 4 is 28.8 Å². The van der Waals surface area contributed by atoms with E-state index in [1.165, 1.54) is 18.2 Å². The van der Waals surface area contributed by atoms with Crippen molar-refractivity contribution in [1.29, 1.82) is 0 Å². The van der Waals surface area contributed by atoms with E-state index in [2.05, 4.69) is 5.32 Å². The topological polar surface area (TPSA) is 64.3 Å². The van der Waals surface area contributed by atoms with Crippen LogP contribution in [0.15, 0.2) is 18.2 Å². The number of nitrogens with two attached hydrogens (primary N) is 1. The number of hydrogen-bond donors (Lipinski definition) is 2. The lowest BCUT2D eigenvalue weighted by Crippen LogP contribution is -2.18. The summed E-state index contributed by atoms with van der Waals surface area (Å²) in [6.45, 7) is 3.06. The second-order valence-corrected chi connectivity index (χ2v) is 4.34. The van der Waals surface area contributed by atoms with Gasteiger partial charge in [0.15, 0.2) is 0 Å². The zero-order chi connectivity index (χ0) is 14.3. The maximum Gasteiger partial charge on any atom is 0.224 e. The van der Waals surface area contributed by atoms with E-state index in [1.807, 2.05) is 6.92 Å². The predicted octanol–water partition coefficient (Wildman–Crippen LogP) is 2.22. The molecule has 0 spiro atoms. The van der Waals surface area contributed by atoms with Gasteiger partial charge in [-0.1, -0.05) is 12.2 Å². The Labute approximate surface area is 117 Å². The van der Waals surface area contributed by atoms with Crippen molar-refractivity contribution in [2.45, 2.75) is 19.8 Å². The molecule has 0 fully saturated rings. The molecule has 0 aliphatic rings. The molecule has 6 heteroatoms. The largest absolute Gasteiger partial charge is 0.389 e. The summed E-state index contributed by atoms with van der Waals surface area (Å²) in [5, 5.41) is 2.67. The number of nitrogens with one attached hydrogen (secondary N) is 1. The summed E-state index contributed by atoms with van der Waals surface area (Å²) >= 11 is 4.82. The second kappa shape index (κ2) is 7.81. The van der Waals surface area contributed by atoms with Crippen LogP contribution in [0.3, 0.4) is 0 Å². The van der Waals surface area contributed by atoms with Crippen molar-refractivity contribution in [2.24, 2.45) is 5.73 Å². The third-order valence-corrected chi connectivity index (χ3v) is 2.64. The maximum atomic E-state index is 13.1. The average molecular weight is 284 g/mol. The molecule has 104 valence electrons. The van der Waals surface area contributed by atoms with Crippen LogP contribution in [0.25, 0.3) is 0 Å². The van der Waals surface area contributed by atoms with Gasteiger partial charge in [0, 0.05) is 25.2 Å². The number of thiocarbonyl (C=S) groups is 1. The molecular formula is C13H17FN2O2S. The minimum absolute atomic E-state index is 0.0455. The molecule has 0 unspecified atom stereocenters. The van der Waals surface area contributed by atoms with Gasteiger partial charge in [0.2, 0.25) is 5.91 Å². The lowest BCUT2D eigenvalue weighted by atomic mass is 10.1. The van der Waals surface area contributed by atoms with Crippen molar-refractivity contribution in [3.8, 4) is 0 Å². The van der Waals surface area contributed by atoms with Gasteiger partial charge < -0.3 is 15.8 Å². The van der Waals surface area contributed by atoms with E-state index in [-0.39, 0.29) is 10.9 Å². The normalized spacial score (nSPS) is 10.2. The minimum atomic E-state index is -0.447.